The first-order valence-electron chi connectivity index (χ1n) is 12.0. The molecule has 3 rings (SSSR count). The highest BCUT2D eigenvalue weighted by atomic mass is 16.5. The Morgan fingerprint density at radius 2 is 2.18 bits per heavy atom. The largest absolute Gasteiger partial charge is 0.465 e. The van der Waals surface area contributed by atoms with Gasteiger partial charge < -0.3 is 29.5 Å². The maximum absolute atomic E-state index is 10.8. The van der Waals surface area contributed by atoms with Crippen LogP contribution in [0.3, 0.4) is 0 Å². The number of methoxy groups -OCH3 is 1. The van der Waals surface area contributed by atoms with Gasteiger partial charge in [-0.2, -0.15) is 5.10 Å². The highest BCUT2D eigenvalue weighted by molar-refractivity contribution is 5.66. The van der Waals surface area contributed by atoms with Crippen LogP contribution in [-0.4, -0.2) is 93.1 Å². The Hall–Kier alpha value is -1.94. The molecule has 1 amide bonds. The minimum Gasteiger partial charge on any atom is -0.465 e. The molecule has 0 bridgehead atoms. The van der Waals surface area contributed by atoms with Crippen molar-refractivity contribution in [3.05, 3.63) is 23.5 Å². The number of nitrogens with zero attached hydrogens (tertiary/aromatic N) is 2. The first-order valence-corrected chi connectivity index (χ1v) is 12.0. The minimum absolute atomic E-state index is 0.0254. The number of ether oxygens (including phenoxy) is 3. The molecule has 1 fully saturated rings. The van der Waals surface area contributed by atoms with E-state index in [2.05, 4.69) is 21.6 Å². The van der Waals surface area contributed by atoms with Crippen LogP contribution in [-0.2, 0) is 20.6 Å². The molecule has 33 heavy (non-hydrogen) atoms. The summed E-state index contributed by atoms with van der Waals surface area (Å²) in [4.78, 5) is 12.1. The van der Waals surface area contributed by atoms with Crippen LogP contribution in [0.4, 0.5) is 4.79 Å². The van der Waals surface area contributed by atoms with E-state index in [0.29, 0.717) is 25.6 Å². The van der Waals surface area contributed by atoms with Crippen molar-refractivity contribution in [1.29, 1.82) is 0 Å². The molecule has 1 unspecified atom stereocenters. The molecule has 1 aromatic rings. The van der Waals surface area contributed by atoms with Crippen molar-refractivity contribution in [2.75, 3.05) is 66.8 Å². The van der Waals surface area contributed by atoms with E-state index in [4.69, 9.17) is 19.3 Å². The Labute approximate surface area is 196 Å². The van der Waals surface area contributed by atoms with Gasteiger partial charge in [0.05, 0.1) is 18.9 Å². The van der Waals surface area contributed by atoms with Gasteiger partial charge in [0.15, 0.2) is 0 Å². The summed E-state index contributed by atoms with van der Waals surface area (Å²) in [6.45, 7) is 5.82. The van der Waals surface area contributed by atoms with Crippen LogP contribution in [0.2, 0.25) is 0 Å². The second kappa shape index (κ2) is 13.1. The zero-order valence-electron chi connectivity index (χ0n) is 20.1. The summed E-state index contributed by atoms with van der Waals surface area (Å²) in [5.74, 6) is 0.609. The molecule has 0 spiro atoms. The first-order chi connectivity index (χ1) is 16.0. The Morgan fingerprint density at radius 3 is 2.88 bits per heavy atom. The normalized spacial score (nSPS) is 21.7. The fourth-order valence-corrected chi connectivity index (χ4v) is 4.60. The van der Waals surface area contributed by atoms with E-state index in [1.54, 1.807) is 14.2 Å². The van der Waals surface area contributed by atoms with E-state index >= 15 is 0 Å². The van der Waals surface area contributed by atoms with Crippen LogP contribution >= 0.6 is 0 Å². The quantitative estimate of drug-likeness (QED) is 0.385. The van der Waals surface area contributed by atoms with Crippen molar-refractivity contribution in [2.45, 2.75) is 38.5 Å². The molecular weight excluding hydrogens is 424 g/mol. The third-order valence-corrected chi connectivity index (χ3v) is 6.80. The fraction of sp³-hybridized carbons (Fsp3) is 0.750. The van der Waals surface area contributed by atoms with E-state index in [1.807, 2.05) is 6.20 Å². The molecule has 1 saturated heterocycles. The lowest BCUT2D eigenvalue weighted by Crippen LogP contribution is -2.35. The highest BCUT2D eigenvalue weighted by Gasteiger charge is 2.34. The number of aromatic nitrogens is 2. The van der Waals surface area contributed by atoms with Crippen LogP contribution in [0.25, 0.3) is 5.57 Å². The number of carboxylic acid groups (broad SMARTS) is 1. The van der Waals surface area contributed by atoms with Crippen LogP contribution in [0, 0.1) is 11.3 Å². The number of carbonyl (C=O) groups is 1. The number of H-pyrrole nitrogens is 1. The van der Waals surface area contributed by atoms with E-state index in [9.17, 15) is 4.79 Å². The molecule has 0 saturated carbocycles. The lowest BCUT2D eigenvalue weighted by molar-refractivity contribution is -0.0375. The van der Waals surface area contributed by atoms with Crippen molar-refractivity contribution in [3.63, 3.8) is 0 Å². The molecule has 1 atom stereocenters. The van der Waals surface area contributed by atoms with Gasteiger partial charge >= 0.3 is 6.09 Å². The highest BCUT2D eigenvalue weighted by Crippen LogP contribution is 2.40. The van der Waals surface area contributed by atoms with Crippen molar-refractivity contribution < 1.29 is 24.1 Å². The third kappa shape index (κ3) is 7.81. The lowest BCUT2D eigenvalue weighted by Gasteiger charge is -2.36. The number of rotatable bonds is 13. The van der Waals surface area contributed by atoms with Gasteiger partial charge in [-0.3, -0.25) is 5.10 Å². The molecule has 1 aliphatic carbocycles. The van der Waals surface area contributed by atoms with Gasteiger partial charge in [-0.15, -0.1) is 0 Å². The fourth-order valence-electron chi connectivity index (χ4n) is 4.60. The van der Waals surface area contributed by atoms with Gasteiger partial charge in [-0.05, 0) is 62.1 Å². The molecule has 1 aromatic heterocycles. The second-order valence-electron chi connectivity index (χ2n) is 9.40. The summed E-state index contributed by atoms with van der Waals surface area (Å²) in [5.41, 5.74) is 3.55. The number of hydrogen-bond donors (Lipinski definition) is 3. The average molecular weight is 465 g/mol. The minimum atomic E-state index is -0.906. The summed E-state index contributed by atoms with van der Waals surface area (Å²) in [5, 5.41) is 19.8. The molecule has 3 N–H and O–H groups in total. The zero-order chi connectivity index (χ0) is 23.5. The Morgan fingerprint density at radius 1 is 1.36 bits per heavy atom. The Balaban J connectivity index is 1.48. The molecule has 1 aliphatic heterocycles. The van der Waals surface area contributed by atoms with E-state index in [0.717, 1.165) is 77.2 Å². The van der Waals surface area contributed by atoms with Crippen molar-refractivity contribution in [1.82, 2.24) is 20.4 Å². The standard InChI is InChI=1S/C24H40N4O5/c1-28(23(29)30)12-11-25-10-5-21-15-26-27-22(21)20-3-8-24(9-4-20,17-31-2)18-33-16-19-6-13-32-14-7-19/h3,15,19,25H,4-14,16-18H2,1-2H3,(H,26,27)(H,29,30). The Bertz CT molecular complexity index is 762. The molecule has 9 heteroatoms. The van der Waals surface area contributed by atoms with E-state index in [1.165, 1.54) is 16.0 Å². The number of hydrogen-bond acceptors (Lipinski definition) is 6. The molecule has 2 aliphatic rings. The molecule has 9 nitrogen and oxygen atoms in total. The van der Waals surface area contributed by atoms with Crippen molar-refractivity contribution in [3.8, 4) is 0 Å². The predicted molar refractivity (Wildman–Crippen MR) is 126 cm³/mol. The van der Waals surface area contributed by atoms with E-state index < -0.39 is 6.09 Å². The third-order valence-electron chi connectivity index (χ3n) is 6.80. The topological polar surface area (TPSA) is 109 Å². The molecule has 186 valence electrons. The van der Waals surface area contributed by atoms with Crippen LogP contribution < -0.4 is 5.32 Å². The van der Waals surface area contributed by atoms with Crippen LogP contribution in [0.1, 0.15) is 43.4 Å². The smallest absolute Gasteiger partial charge is 0.407 e. The molecule has 2 heterocycles. The first kappa shape index (κ1) is 25.7. The second-order valence-corrected chi connectivity index (χ2v) is 9.40. The van der Waals surface area contributed by atoms with E-state index in [-0.39, 0.29) is 5.41 Å². The summed E-state index contributed by atoms with van der Waals surface area (Å²) in [7, 11) is 3.35. The maximum Gasteiger partial charge on any atom is 0.407 e. The van der Waals surface area contributed by atoms with Gasteiger partial charge in [-0.25, -0.2) is 4.79 Å². The summed E-state index contributed by atoms with van der Waals surface area (Å²) >= 11 is 0. The monoisotopic (exact) mass is 464 g/mol. The number of nitrogens with one attached hydrogen (secondary N) is 2. The molecular formula is C24H40N4O5. The van der Waals surface area contributed by atoms with Crippen LogP contribution in [0.5, 0.6) is 0 Å². The Kier molecular flexibility index (Phi) is 10.2. The number of aromatic amines is 1. The van der Waals surface area contributed by atoms with Gasteiger partial charge in [0.2, 0.25) is 0 Å². The van der Waals surface area contributed by atoms with Gasteiger partial charge in [0.1, 0.15) is 0 Å². The molecule has 0 radical (unpaired) electrons. The SMILES string of the molecule is COCC1(COCC2CCOCC2)CC=C(c2n[nH]cc2CCNCCN(C)C(=O)O)CC1. The average Bonchev–Trinajstić information content (AvgIpc) is 3.28. The van der Waals surface area contributed by atoms with Gasteiger partial charge in [-0.1, -0.05) is 6.08 Å². The van der Waals surface area contributed by atoms with Crippen LogP contribution in [0.15, 0.2) is 12.3 Å². The number of amides is 1. The summed E-state index contributed by atoms with van der Waals surface area (Å²) in [6, 6.07) is 0. The lowest BCUT2D eigenvalue weighted by atomic mass is 9.75. The maximum atomic E-state index is 10.8. The predicted octanol–water partition coefficient (Wildman–Crippen LogP) is 2.79. The van der Waals surface area contributed by atoms with Crippen molar-refractivity contribution >= 4 is 11.7 Å². The number of likely N-dealkylation sites (N-methyl/N-ethyl adjacent to an activating group) is 1. The van der Waals surface area contributed by atoms with Gasteiger partial charge in [0, 0.05) is 58.7 Å². The van der Waals surface area contributed by atoms with Gasteiger partial charge in [0.25, 0.3) is 0 Å². The number of allylic oxidation sites excluding steroid dienone is 2. The summed E-state index contributed by atoms with van der Waals surface area (Å²) < 4.78 is 17.2. The summed E-state index contributed by atoms with van der Waals surface area (Å²) in [6.07, 6.45) is 9.31. The zero-order valence-corrected chi connectivity index (χ0v) is 20.1. The molecule has 0 aromatic carbocycles. The van der Waals surface area contributed by atoms with Crippen molar-refractivity contribution in [2.24, 2.45) is 11.3 Å².